The van der Waals surface area contributed by atoms with Crippen LogP contribution in [0.3, 0.4) is 0 Å². The molecule has 14 heteroatoms. The third-order valence-electron chi connectivity index (χ3n) is 7.60. The Balaban J connectivity index is 2.21. The summed E-state index contributed by atoms with van der Waals surface area (Å²) in [5.41, 5.74) is 0.636. The van der Waals surface area contributed by atoms with Crippen molar-refractivity contribution in [2.75, 3.05) is 39.3 Å². The minimum absolute atomic E-state index is 0.0431. The monoisotopic (exact) mass is 709 g/mol. The molecule has 3 rings (SSSR count). The Bertz CT molecular complexity index is 1670. The second-order valence-corrected chi connectivity index (χ2v) is 13.3. The fourth-order valence-corrected chi connectivity index (χ4v) is 6.56. The van der Waals surface area contributed by atoms with Crippen LogP contribution in [-0.4, -0.2) is 72.2 Å². The van der Waals surface area contributed by atoms with Crippen LogP contribution < -0.4 is 28.6 Å². The predicted molar refractivity (Wildman–Crippen MR) is 183 cm³/mol. The molecule has 0 saturated heterocycles. The van der Waals surface area contributed by atoms with Crippen LogP contribution in [0.1, 0.15) is 39.2 Å². The van der Waals surface area contributed by atoms with Crippen molar-refractivity contribution in [1.29, 1.82) is 0 Å². The van der Waals surface area contributed by atoms with Crippen molar-refractivity contribution in [1.82, 2.24) is 10.2 Å². The van der Waals surface area contributed by atoms with E-state index in [1.807, 2.05) is 13.8 Å². The Kier molecular flexibility index (Phi) is 13.4. The van der Waals surface area contributed by atoms with Crippen LogP contribution in [0.15, 0.2) is 59.5 Å². The summed E-state index contributed by atoms with van der Waals surface area (Å²) < 4.78 is 51.5. The van der Waals surface area contributed by atoms with Gasteiger partial charge in [-0.3, -0.25) is 13.9 Å². The van der Waals surface area contributed by atoms with Gasteiger partial charge in [-0.25, -0.2) is 8.42 Å². The van der Waals surface area contributed by atoms with Gasteiger partial charge >= 0.3 is 0 Å². The fourth-order valence-electron chi connectivity index (χ4n) is 4.80. The number of carbonyl (C=O) groups excluding carboxylic acids is 2. The summed E-state index contributed by atoms with van der Waals surface area (Å²) >= 11 is 12.4. The number of carbonyl (C=O) groups is 2. The van der Waals surface area contributed by atoms with E-state index in [1.54, 1.807) is 31.2 Å². The molecule has 0 aliphatic heterocycles. The zero-order chi connectivity index (χ0) is 34.9. The normalized spacial score (nSPS) is 12.4. The number of nitrogens with one attached hydrogen (secondary N) is 1. The number of methoxy groups -OCH3 is 4. The van der Waals surface area contributed by atoms with Crippen LogP contribution in [0.5, 0.6) is 23.0 Å². The molecule has 1 N–H and O–H groups in total. The van der Waals surface area contributed by atoms with Crippen molar-refractivity contribution in [3.05, 3.63) is 70.2 Å². The summed E-state index contributed by atoms with van der Waals surface area (Å²) in [6.45, 7) is 4.82. The molecule has 0 aromatic heterocycles. The minimum atomic E-state index is -4.48. The summed E-state index contributed by atoms with van der Waals surface area (Å²) in [4.78, 5) is 29.2. The van der Waals surface area contributed by atoms with Crippen LogP contribution in [0.2, 0.25) is 10.0 Å². The Morgan fingerprint density at radius 3 is 2.04 bits per heavy atom. The molecule has 2 amide bonds. The number of rotatable bonds is 16. The average Bonchev–Trinajstić information content (AvgIpc) is 3.07. The maximum absolute atomic E-state index is 14.5. The number of anilines is 1. The van der Waals surface area contributed by atoms with E-state index in [9.17, 15) is 18.0 Å². The van der Waals surface area contributed by atoms with Crippen LogP contribution in [0, 0.1) is 0 Å². The third kappa shape index (κ3) is 8.94. The van der Waals surface area contributed by atoms with Gasteiger partial charge in [-0.05, 0) is 61.7 Å². The number of amides is 2. The van der Waals surface area contributed by atoms with Gasteiger partial charge in [-0.2, -0.15) is 0 Å². The Morgan fingerprint density at radius 2 is 1.47 bits per heavy atom. The summed E-state index contributed by atoms with van der Waals surface area (Å²) in [5.74, 6) is -0.0434. The molecular weight excluding hydrogens is 669 g/mol. The van der Waals surface area contributed by atoms with E-state index in [-0.39, 0.29) is 52.0 Å². The minimum Gasteiger partial charge on any atom is -0.497 e. The molecule has 0 aliphatic rings. The Hall–Kier alpha value is -3.87. The smallest absolute Gasteiger partial charge is 0.265 e. The van der Waals surface area contributed by atoms with E-state index in [0.29, 0.717) is 28.5 Å². The summed E-state index contributed by atoms with van der Waals surface area (Å²) in [7, 11) is 1.16. The first kappa shape index (κ1) is 37.6. The quantitative estimate of drug-likeness (QED) is 0.194. The van der Waals surface area contributed by atoms with Gasteiger partial charge < -0.3 is 29.2 Å². The number of ether oxygens (including phenoxy) is 4. The lowest BCUT2D eigenvalue weighted by Gasteiger charge is -2.34. The molecular formula is C33H41Cl2N3O8S. The molecule has 0 bridgehead atoms. The van der Waals surface area contributed by atoms with Gasteiger partial charge in [0.1, 0.15) is 24.1 Å². The first-order chi connectivity index (χ1) is 22.3. The molecule has 0 heterocycles. The van der Waals surface area contributed by atoms with E-state index >= 15 is 0 Å². The molecule has 0 spiro atoms. The van der Waals surface area contributed by atoms with E-state index in [0.717, 1.165) is 4.31 Å². The van der Waals surface area contributed by atoms with Gasteiger partial charge in [-0.15, -0.1) is 0 Å². The highest BCUT2D eigenvalue weighted by atomic mass is 35.5. The van der Waals surface area contributed by atoms with Crippen molar-refractivity contribution in [2.45, 2.75) is 57.1 Å². The zero-order valence-corrected chi connectivity index (χ0v) is 29.8. The maximum atomic E-state index is 14.5. The van der Waals surface area contributed by atoms with Crippen LogP contribution >= 0.6 is 23.2 Å². The van der Waals surface area contributed by atoms with Crippen molar-refractivity contribution in [3.63, 3.8) is 0 Å². The summed E-state index contributed by atoms with van der Waals surface area (Å²) in [6.07, 6.45) is 0.927. The first-order valence-corrected chi connectivity index (χ1v) is 17.0. The highest BCUT2D eigenvalue weighted by Crippen LogP contribution is 2.38. The predicted octanol–water partition coefficient (Wildman–Crippen LogP) is 5.95. The number of nitrogens with zero attached hydrogens (tertiary/aromatic N) is 2. The summed E-state index contributed by atoms with van der Waals surface area (Å²) in [5, 5.41) is 3.54. The summed E-state index contributed by atoms with van der Waals surface area (Å²) in [6, 6.07) is 12.5. The average molecular weight is 711 g/mol. The van der Waals surface area contributed by atoms with E-state index in [4.69, 9.17) is 42.1 Å². The Morgan fingerprint density at radius 1 is 0.809 bits per heavy atom. The van der Waals surface area contributed by atoms with Gasteiger partial charge in [-0.1, -0.05) is 43.1 Å². The topological polar surface area (TPSA) is 124 Å². The van der Waals surface area contributed by atoms with Crippen LogP contribution in [0.25, 0.3) is 0 Å². The number of hydrogen-bond acceptors (Lipinski definition) is 8. The number of hydrogen-bond donors (Lipinski definition) is 1. The highest BCUT2D eigenvalue weighted by molar-refractivity contribution is 7.92. The van der Waals surface area contributed by atoms with E-state index in [2.05, 4.69) is 5.32 Å². The van der Waals surface area contributed by atoms with Crippen LogP contribution in [0.4, 0.5) is 5.69 Å². The lowest BCUT2D eigenvalue weighted by molar-refractivity contribution is -0.140. The van der Waals surface area contributed by atoms with Crippen molar-refractivity contribution in [3.8, 4) is 23.0 Å². The molecule has 0 fully saturated rings. The molecule has 0 unspecified atom stereocenters. The standard InChI is InChI=1S/C33H41Cl2N3O8S/c1-8-21(3)36-33(40)27(9-2)37(19-22-10-13-25(34)26(35)16-22)32(39)20-38(28-17-23(43-4)11-14-29(28)44-5)47(41,42)24-12-15-30(45-6)31(18-24)46-7/h10-18,21,27H,8-9,19-20H2,1-7H3,(H,36,40)/t21-,27-/m1/s1. The van der Waals surface area contributed by atoms with Crippen molar-refractivity contribution >= 4 is 50.7 Å². The number of sulfonamides is 1. The van der Waals surface area contributed by atoms with Gasteiger partial charge in [0.2, 0.25) is 11.8 Å². The fraction of sp³-hybridized carbons (Fsp3) is 0.394. The van der Waals surface area contributed by atoms with E-state index in [1.165, 1.54) is 63.7 Å². The van der Waals surface area contributed by atoms with Gasteiger partial charge in [0, 0.05) is 24.7 Å². The molecule has 2 atom stereocenters. The zero-order valence-electron chi connectivity index (χ0n) is 27.5. The largest absolute Gasteiger partial charge is 0.497 e. The maximum Gasteiger partial charge on any atom is 0.265 e. The van der Waals surface area contributed by atoms with Gasteiger partial charge in [0.15, 0.2) is 11.5 Å². The highest BCUT2D eigenvalue weighted by Gasteiger charge is 2.35. The number of halogens is 2. The lowest BCUT2D eigenvalue weighted by Crippen LogP contribution is -2.53. The third-order valence-corrected chi connectivity index (χ3v) is 10.1. The van der Waals surface area contributed by atoms with Crippen LogP contribution in [-0.2, 0) is 26.2 Å². The molecule has 47 heavy (non-hydrogen) atoms. The molecule has 3 aromatic carbocycles. The van der Waals surface area contributed by atoms with Gasteiger partial charge in [0.05, 0.1) is 49.1 Å². The molecule has 0 aliphatic carbocycles. The second kappa shape index (κ2) is 16.8. The second-order valence-electron chi connectivity index (χ2n) is 10.6. The SMILES string of the molecule is CC[C@@H](C)NC(=O)[C@@H](CC)N(Cc1ccc(Cl)c(Cl)c1)C(=O)CN(c1cc(OC)ccc1OC)S(=O)(=O)c1ccc(OC)c(OC)c1. The lowest BCUT2D eigenvalue weighted by atomic mass is 10.1. The van der Waals surface area contributed by atoms with Crippen molar-refractivity contribution < 1.29 is 37.0 Å². The molecule has 11 nitrogen and oxygen atoms in total. The molecule has 0 radical (unpaired) electrons. The van der Waals surface area contributed by atoms with Crippen molar-refractivity contribution in [2.24, 2.45) is 0 Å². The Labute approximate surface area is 286 Å². The van der Waals surface area contributed by atoms with E-state index < -0.39 is 28.5 Å². The van der Waals surface area contributed by atoms with Gasteiger partial charge in [0.25, 0.3) is 10.0 Å². The molecule has 0 saturated carbocycles. The number of benzene rings is 3. The molecule has 3 aromatic rings. The molecule has 256 valence electrons. The first-order valence-electron chi connectivity index (χ1n) is 14.9.